The number of halogens is 2. The highest BCUT2D eigenvalue weighted by molar-refractivity contribution is 7.89. The van der Waals surface area contributed by atoms with E-state index in [-0.39, 0.29) is 34.7 Å². The van der Waals surface area contributed by atoms with Crippen molar-refractivity contribution in [3.05, 3.63) is 58.6 Å². The van der Waals surface area contributed by atoms with Gasteiger partial charge >= 0.3 is 0 Å². The number of pyridine rings is 1. The molecule has 0 amide bonds. The number of likely N-dealkylation sites (tertiary alicyclic amines) is 1. The number of nitrogen functional groups attached to an aromatic ring is 1. The predicted octanol–water partition coefficient (Wildman–Crippen LogP) is 3.37. The number of hydrogen-bond donors (Lipinski definition) is 2. The van der Waals surface area contributed by atoms with Crippen LogP contribution in [0.1, 0.15) is 40.9 Å². The summed E-state index contributed by atoms with van der Waals surface area (Å²) in [7, 11) is -1.68. The highest BCUT2D eigenvalue weighted by Gasteiger charge is 2.31. The van der Waals surface area contributed by atoms with Gasteiger partial charge < -0.3 is 20.7 Å². The molecular weight excluding hydrogens is 562 g/mol. The number of nitrogens with zero attached hydrogens (tertiary/aromatic N) is 4. The van der Waals surface area contributed by atoms with E-state index in [9.17, 15) is 22.0 Å². The lowest BCUT2D eigenvalue weighted by Crippen LogP contribution is -2.42. The van der Waals surface area contributed by atoms with Crippen molar-refractivity contribution < 1.29 is 26.7 Å². The van der Waals surface area contributed by atoms with Crippen LogP contribution in [0.25, 0.3) is 0 Å². The molecular formula is C26H30F2N6O4S2. The largest absolute Gasteiger partial charge is 0.476 e. The molecule has 2 aromatic heterocycles. The zero-order valence-electron chi connectivity index (χ0n) is 21.8. The normalized spacial score (nSPS) is 19.1. The summed E-state index contributed by atoms with van der Waals surface area (Å²) in [4.78, 5) is 23.3. The molecule has 3 aromatic rings. The number of benzene rings is 1. The van der Waals surface area contributed by atoms with Gasteiger partial charge in [-0.2, -0.15) is 4.31 Å². The zero-order chi connectivity index (χ0) is 28.4. The summed E-state index contributed by atoms with van der Waals surface area (Å²) >= 11 is 0.905. The highest BCUT2D eigenvalue weighted by Crippen LogP contribution is 2.31. The Morgan fingerprint density at radius 3 is 2.50 bits per heavy atom. The number of carbonyl (C=O) groups excluding carboxylic acids is 1. The van der Waals surface area contributed by atoms with Gasteiger partial charge in [-0.05, 0) is 57.5 Å². The van der Waals surface area contributed by atoms with Gasteiger partial charge in [-0.25, -0.2) is 27.2 Å². The van der Waals surface area contributed by atoms with E-state index < -0.39 is 33.0 Å². The Bertz CT molecular complexity index is 1460. The first-order chi connectivity index (χ1) is 19.1. The maximum Gasteiger partial charge on any atom is 0.244 e. The number of ketones is 1. The number of aromatic nitrogens is 2. The van der Waals surface area contributed by atoms with Crippen LogP contribution >= 0.6 is 11.3 Å². The number of ether oxygens (including phenoxy) is 1. The molecule has 10 nitrogen and oxygen atoms in total. The Balaban J connectivity index is 1.16. The second-order valence-electron chi connectivity index (χ2n) is 9.90. The molecule has 3 N–H and O–H groups in total. The van der Waals surface area contributed by atoms with Crippen molar-refractivity contribution in [3.8, 4) is 5.88 Å². The third-order valence-corrected chi connectivity index (χ3v) is 10.2. The summed E-state index contributed by atoms with van der Waals surface area (Å²) in [6.45, 7) is 2.08. The first kappa shape index (κ1) is 28.3. The van der Waals surface area contributed by atoms with Crippen LogP contribution in [0.4, 0.5) is 19.7 Å². The first-order valence-corrected chi connectivity index (χ1v) is 15.2. The van der Waals surface area contributed by atoms with Crippen LogP contribution in [0.5, 0.6) is 5.88 Å². The molecule has 0 aliphatic carbocycles. The number of rotatable bonds is 9. The summed E-state index contributed by atoms with van der Waals surface area (Å²) < 4.78 is 61.7. The fourth-order valence-electron chi connectivity index (χ4n) is 4.92. The average molecular weight is 593 g/mol. The van der Waals surface area contributed by atoms with Crippen LogP contribution in [-0.4, -0.2) is 78.7 Å². The number of thiazole rings is 1. The van der Waals surface area contributed by atoms with Crippen LogP contribution in [-0.2, 0) is 10.0 Å². The van der Waals surface area contributed by atoms with Crippen LogP contribution in [0.2, 0.25) is 0 Å². The van der Waals surface area contributed by atoms with Gasteiger partial charge in [-0.3, -0.25) is 4.79 Å². The van der Waals surface area contributed by atoms with Crippen molar-refractivity contribution in [1.82, 2.24) is 19.2 Å². The van der Waals surface area contributed by atoms with E-state index >= 15 is 0 Å². The molecule has 0 spiro atoms. The van der Waals surface area contributed by atoms with Gasteiger partial charge in [0.25, 0.3) is 0 Å². The van der Waals surface area contributed by atoms with Crippen LogP contribution in [0, 0.1) is 11.6 Å². The van der Waals surface area contributed by atoms with Crippen molar-refractivity contribution in [2.75, 3.05) is 44.3 Å². The Morgan fingerprint density at radius 2 is 1.88 bits per heavy atom. The van der Waals surface area contributed by atoms with Crippen molar-refractivity contribution in [2.24, 2.45) is 0 Å². The molecule has 0 bridgehead atoms. The summed E-state index contributed by atoms with van der Waals surface area (Å²) in [5, 5.41) is 3.49. The minimum absolute atomic E-state index is 0.0679. The topological polar surface area (TPSA) is 131 Å². The Morgan fingerprint density at radius 1 is 1.15 bits per heavy atom. The van der Waals surface area contributed by atoms with Gasteiger partial charge in [0.15, 0.2) is 5.13 Å². The molecule has 14 heteroatoms. The molecule has 0 radical (unpaired) electrons. The number of anilines is 2. The number of likely N-dealkylation sites (N-methyl/N-ethyl adjacent to an activating group) is 1. The summed E-state index contributed by atoms with van der Waals surface area (Å²) in [5.41, 5.74) is 5.20. The van der Waals surface area contributed by atoms with E-state index in [0.29, 0.717) is 36.5 Å². The van der Waals surface area contributed by atoms with Gasteiger partial charge in [-0.15, -0.1) is 0 Å². The Kier molecular flexibility index (Phi) is 8.31. The number of carbonyl (C=O) groups is 1. The second-order valence-corrected chi connectivity index (χ2v) is 12.8. The number of nitrogens with two attached hydrogens (primary N) is 1. The first-order valence-electron chi connectivity index (χ1n) is 12.9. The van der Waals surface area contributed by atoms with Crippen LogP contribution in [0.3, 0.4) is 0 Å². The molecule has 2 fully saturated rings. The van der Waals surface area contributed by atoms with E-state index in [2.05, 4.69) is 27.2 Å². The third-order valence-electron chi connectivity index (χ3n) is 7.27. The van der Waals surface area contributed by atoms with Crippen molar-refractivity contribution >= 4 is 38.1 Å². The number of hydrogen-bond acceptors (Lipinski definition) is 10. The zero-order valence-corrected chi connectivity index (χ0v) is 23.5. The Labute approximate surface area is 235 Å². The SMILES string of the molecule is CN1CCC[C@H]1COc1ccc(S(=O)(=O)N2CCC(Nc3nc(N)c(C(=O)c4c(F)cccc4F)s3)CC2)cn1. The lowest BCUT2D eigenvalue weighted by atomic mass is 10.1. The van der Waals surface area contributed by atoms with E-state index in [1.54, 1.807) is 6.07 Å². The van der Waals surface area contributed by atoms with Crippen LogP contribution in [0.15, 0.2) is 41.4 Å². The van der Waals surface area contributed by atoms with Gasteiger partial charge in [0, 0.05) is 31.2 Å². The summed E-state index contributed by atoms with van der Waals surface area (Å²) in [6, 6.07) is 6.47. The molecule has 214 valence electrons. The lowest BCUT2D eigenvalue weighted by Gasteiger charge is -2.31. The minimum Gasteiger partial charge on any atom is -0.476 e. The fourth-order valence-corrected chi connectivity index (χ4v) is 7.25. The van der Waals surface area contributed by atoms with Crippen LogP contribution < -0.4 is 15.8 Å². The standard InChI is InChI=1S/C26H30F2N6O4S2/c1-33-11-3-4-17(33)15-38-21-8-7-18(14-30-21)40(36,37)34-12-9-16(10-13-34)31-26-32-25(29)24(39-26)23(35)22-19(27)5-2-6-20(22)28/h2,5-8,14,16-17H,3-4,9-13,15,29H2,1H3,(H,31,32)/t17-/m0/s1. The van der Waals surface area contributed by atoms with Gasteiger partial charge in [0.1, 0.15) is 33.8 Å². The minimum atomic E-state index is -3.74. The third kappa shape index (κ3) is 5.94. The van der Waals surface area contributed by atoms with Gasteiger partial charge in [0.05, 0.1) is 11.8 Å². The monoisotopic (exact) mass is 592 g/mol. The molecule has 1 aromatic carbocycles. The van der Waals surface area contributed by atoms with Gasteiger partial charge in [-0.1, -0.05) is 17.4 Å². The molecule has 2 saturated heterocycles. The second kappa shape index (κ2) is 11.7. The molecule has 4 heterocycles. The molecule has 0 saturated carbocycles. The molecule has 2 aliphatic heterocycles. The average Bonchev–Trinajstić information content (AvgIpc) is 3.52. The van der Waals surface area contributed by atoms with E-state index in [1.807, 2.05) is 0 Å². The molecule has 0 unspecified atom stereocenters. The van der Waals surface area contributed by atoms with Crippen molar-refractivity contribution in [2.45, 2.75) is 42.7 Å². The number of piperidine rings is 1. The summed E-state index contributed by atoms with van der Waals surface area (Å²) in [5.74, 6) is -2.57. The number of nitrogens with one attached hydrogen (secondary N) is 1. The Hall–Kier alpha value is -3.20. The molecule has 2 aliphatic rings. The maximum absolute atomic E-state index is 14.1. The van der Waals surface area contributed by atoms with Crippen molar-refractivity contribution in [1.29, 1.82) is 0 Å². The van der Waals surface area contributed by atoms with Gasteiger partial charge in [0.2, 0.25) is 21.7 Å². The molecule has 5 rings (SSSR count). The quantitative estimate of drug-likeness (QED) is 0.359. The predicted molar refractivity (Wildman–Crippen MR) is 147 cm³/mol. The molecule has 1 atom stereocenters. The number of sulfonamides is 1. The fraction of sp³-hybridized carbons (Fsp3) is 0.423. The molecule has 40 heavy (non-hydrogen) atoms. The smallest absolute Gasteiger partial charge is 0.244 e. The lowest BCUT2D eigenvalue weighted by molar-refractivity contribution is 0.103. The van der Waals surface area contributed by atoms with E-state index in [4.69, 9.17) is 10.5 Å². The maximum atomic E-state index is 14.1. The van der Waals surface area contributed by atoms with E-state index in [1.165, 1.54) is 22.6 Å². The van der Waals surface area contributed by atoms with E-state index in [0.717, 1.165) is 42.9 Å². The van der Waals surface area contributed by atoms with Crippen molar-refractivity contribution in [3.63, 3.8) is 0 Å². The highest BCUT2D eigenvalue weighted by atomic mass is 32.2. The summed E-state index contributed by atoms with van der Waals surface area (Å²) in [6.07, 6.45) is 4.48.